The first kappa shape index (κ1) is 17.2. The summed E-state index contributed by atoms with van der Waals surface area (Å²) < 4.78 is 58.2. The minimum absolute atomic E-state index is 0.00981. The molecular formula is C15H14F2N4O3S. The average molecular weight is 368 g/mol. The van der Waals surface area contributed by atoms with Crippen molar-refractivity contribution in [2.75, 3.05) is 7.05 Å². The Balaban J connectivity index is 1.96. The predicted molar refractivity (Wildman–Crippen MR) is 84.1 cm³/mol. The van der Waals surface area contributed by atoms with Gasteiger partial charge in [0.15, 0.2) is 5.76 Å². The first-order valence-electron chi connectivity index (χ1n) is 7.17. The summed E-state index contributed by atoms with van der Waals surface area (Å²) in [5.41, 5.74) is 0.337. The zero-order valence-electron chi connectivity index (χ0n) is 13.1. The van der Waals surface area contributed by atoms with Crippen LogP contribution < -0.4 is 0 Å². The SMILES string of the molecule is CN(Cc1nccn1C(F)F)S(=O)(=O)c1ccccc1-c1ccno1. The van der Waals surface area contributed by atoms with Crippen LogP contribution in [0.2, 0.25) is 0 Å². The second kappa shape index (κ2) is 6.73. The van der Waals surface area contributed by atoms with E-state index in [9.17, 15) is 17.2 Å². The molecule has 0 fully saturated rings. The summed E-state index contributed by atoms with van der Waals surface area (Å²) >= 11 is 0. The third-order valence-corrected chi connectivity index (χ3v) is 5.46. The topological polar surface area (TPSA) is 81.2 Å². The number of rotatable bonds is 6. The summed E-state index contributed by atoms with van der Waals surface area (Å²) in [5.74, 6) is 0.236. The quantitative estimate of drug-likeness (QED) is 0.668. The Hall–Kier alpha value is -2.59. The second-order valence-corrected chi connectivity index (χ2v) is 7.18. The van der Waals surface area contributed by atoms with Crippen LogP contribution in [0.3, 0.4) is 0 Å². The van der Waals surface area contributed by atoms with Crippen LogP contribution >= 0.6 is 0 Å². The first-order chi connectivity index (χ1) is 11.9. The molecule has 25 heavy (non-hydrogen) atoms. The molecule has 0 spiro atoms. The summed E-state index contributed by atoms with van der Waals surface area (Å²) in [7, 11) is -2.66. The van der Waals surface area contributed by atoms with Crippen LogP contribution in [0.4, 0.5) is 8.78 Å². The zero-order chi connectivity index (χ0) is 18.0. The number of hydrogen-bond acceptors (Lipinski definition) is 5. The van der Waals surface area contributed by atoms with Gasteiger partial charge in [-0.2, -0.15) is 13.1 Å². The van der Waals surface area contributed by atoms with E-state index >= 15 is 0 Å². The monoisotopic (exact) mass is 368 g/mol. The summed E-state index contributed by atoms with van der Waals surface area (Å²) in [6.07, 6.45) is 3.70. The van der Waals surface area contributed by atoms with Gasteiger partial charge in [-0.05, 0) is 12.1 Å². The van der Waals surface area contributed by atoms with E-state index in [0.29, 0.717) is 15.9 Å². The molecule has 0 aliphatic rings. The smallest absolute Gasteiger partial charge is 0.319 e. The number of hydrogen-bond donors (Lipinski definition) is 0. The largest absolute Gasteiger partial charge is 0.356 e. The second-order valence-electron chi connectivity index (χ2n) is 5.16. The van der Waals surface area contributed by atoms with Crippen molar-refractivity contribution in [2.24, 2.45) is 0 Å². The fourth-order valence-electron chi connectivity index (χ4n) is 2.35. The van der Waals surface area contributed by atoms with E-state index in [1.165, 1.54) is 31.6 Å². The van der Waals surface area contributed by atoms with E-state index in [4.69, 9.17) is 4.52 Å². The van der Waals surface area contributed by atoms with Crippen LogP contribution in [0.5, 0.6) is 0 Å². The molecule has 0 saturated heterocycles. The van der Waals surface area contributed by atoms with Crippen molar-refractivity contribution in [3.05, 3.63) is 54.7 Å². The Morgan fingerprint density at radius 3 is 2.68 bits per heavy atom. The molecule has 0 aliphatic heterocycles. The molecule has 0 amide bonds. The molecule has 0 aliphatic carbocycles. The zero-order valence-corrected chi connectivity index (χ0v) is 13.9. The Kier molecular flexibility index (Phi) is 4.64. The van der Waals surface area contributed by atoms with Crippen LogP contribution in [-0.2, 0) is 16.6 Å². The van der Waals surface area contributed by atoms with Gasteiger partial charge >= 0.3 is 6.55 Å². The van der Waals surface area contributed by atoms with Gasteiger partial charge in [-0.25, -0.2) is 13.4 Å². The van der Waals surface area contributed by atoms with Crippen molar-refractivity contribution in [1.82, 2.24) is 19.0 Å². The molecule has 2 heterocycles. The van der Waals surface area contributed by atoms with Crippen molar-refractivity contribution in [2.45, 2.75) is 18.0 Å². The molecular weight excluding hydrogens is 354 g/mol. The highest BCUT2D eigenvalue weighted by atomic mass is 32.2. The van der Waals surface area contributed by atoms with Crippen LogP contribution in [0.15, 0.2) is 58.3 Å². The average Bonchev–Trinajstić information content (AvgIpc) is 3.26. The Morgan fingerprint density at radius 2 is 2.00 bits per heavy atom. The lowest BCUT2D eigenvalue weighted by molar-refractivity contribution is 0.0658. The number of sulfonamides is 1. The van der Waals surface area contributed by atoms with E-state index in [0.717, 1.165) is 10.5 Å². The number of imidazole rings is 1. The molecule has 1 aromatic carbocycles. The van der Waals surface area contributed by atoms with E-state index in [2.05, 4.69) is 10.1 Å². The maximum absolute atomic E-state index is 12.9. The molecule has 7 nitrogen and oxygen atoms in total. The fourth-order valence-corrected chi connectivity index (χ4v) is 3.66. The molecule has 0 saturated carbocycles. The van der Waals surface area contributed by atoms with Crippen LogP contribution in [-0.4, -0.2) is 34.5 Å². The Morgan fingerprint density at radius 1 is 1.24 bits per heavy atom. The molecule has 3 aromatic rings. The van der Waals surface area contributed by atoms with Crippen molar-refractivity contribution in [3.63, 3.8) is 0 Å². The molecule has 0 atom stereocenters. The normalized spacial score (nSPS) is 12.2. The highest BCUT2D eigenvalue weighted by Gasteiger charge is 2.27. The maximum Gasteiger partial charge on any atom is 0.319 e. The maximum atomic E-state index is 12.9. The van der Waals surface area contributed by atoms with E-state index in [-0.39, 0.29) is 17.3 Å². The third-order valence-electron chi connectivity index (χ3n) is 3.60. The van der Waals surface area contributed by atoms with Gasteiger partial charge in [-0.15, -0.1) is 0 Å². The minimum Gasteiger partial charge on any atom is -0.356 e. The van der Waals surface area contributed by atoms with Gasteiger partial charge in [0.1, 0.15) is 5.82 Å². The fraction of sp³-hybridized carbons (Fsp3) is 0.200. The van der Waals surface area contributed by atoms with Crippen LogP contribution in [0.25, 0.3) is 11.3 Å². The van der Waals surface area contributed by atoms with E-state index in [1.54, 1.807) is 18.2 Å². The van der Waals surface area contributed by atoms with Gasteiger partial charge in [-0.3, -0.25) is 4.57 Å². The Bertz CT molecular complexity index is 955. The standard InChI is InChI=1S/C15H14F2N4O3S/c1-20(10-14-18-8-9-21(14)15(16)17)25(22,23)13-5-3-2-4-11(13)12-6-7-19-24-12/h2-9,15H,10H2,1H3. The van der Waals surface area contributed by atoms with Gasteiger partial charge in [0.25, 0.3) is 0 Å². The molecule has 0 bridgehead atoms. The number of halogens is 2. The molecule has 3 rings (SSSR count). The Labute approximate surface area is 142 Å². The highest BCUT2D eigenvalue weighted by Crippen LogP contribution is 2.29. The van der Waals surface area contributed by atoms with Gasteiger partial charge in [0, 0.05) is 31.1 Å². The van der Waals surface area contributed by atoms with Gasteiger partial charge in [-0.1, -0.05) is 17.3 Å². The number of benzene rings is 1. The lowest BCUT2D eigenvalue weighted by Crippen LogP contribution is -2.28. The van der Waals surface area contributed by atoms with Crippen molar-refractivity contribution in [1.29, 1.82) is 0 Å². The van der Waals surface area contributed by atoms with Crippen molar-refractivity contribution in [3.8, 4) is 11.3 Å². The third kappa shape index (κ3) is 3.30. The van der Waals surface area contributed by atoms with Crippen LogP contribution in [0, 0.1) is 0 Å². The minimum atomic E-state index is -3.97. The summed E-state index contributed by atoms with van der Waals surface area (Å²) in [4.78, 5) is 3.80. The number of aromatic nitrogens is 3. The lowest BCUT2D eigenvalue weighted by atomic mass is 10.2. The molecule has 0 radical (unpaired) electrons. The predicted octanol–water partition coefficient (Wildman–Crippen LogP) is 2.75. The molecule has 0 N–H and O–H groups in total. The van der Waals surface area contributed by atoms with Crippen molar-refractivity contribution >= 4 is 10.0 Å². The van der Waals surface area contributed by atoms with E-state index in [1.807, 2.05) is 0 Å². The van der Waals surface area contributed by atoms with Gasteiger partial charge in [0.05, 0.1) is 17.6 Å². The summed E-state index contributed by atoms with van der Waals surface area (Å²) in [6.45, 7) is -3.10. The molecule has 2 aromatic heterocycles. The van der Waals surface area contributed by atoms with Crippen LogP contribution in [0.1, 0.15) is 12.4 Å². The molecule has 0 unspecified atom stereocenters. The summed E-state index contributed by atoms with van der Waals surface area (Å²) in [6, 6.07) is 7.78. The van der Waals surface area contributed by atoms with E-state index < -0.39 is 16.6 Å². The number of alkyl halides is 2. The van der Waals surface area contributed by atoms with Gasteiger partial charge in [0.2, 0.25) is 10.0 Å². The molecule has 132 valence electrons. The highest BCUT2D eigenvalue weighted by molar-refractivity contribution is 7.89. The van der Waals surface area contributed by atoms with Crippen molar-refractivity contribution < 1.29 is 21.7 Å². The number of nitrogens with zero attached hydrogens (tertiary/aromatic N) is 4. The lowest BCUT2D eigenvalue weighted by Gasteiger charge is -2.19. The van der Waals surface area contributed by atoms with Gasteiger partial charge < -0.3 is 4.52 Å². The first-order valence-corrected chi connectivity index (χ1v) is 8.61. The molecule has 10 heteroatoms. The summed E-state index contributed by atoms with van der Waals surface area (Å²) in [5, 5.41) is 3.58.